The van der Waals surface area contributed by atoms with Gasteiger partial charge in [0.2, 0.25) is 0 Å². The molecule has 0 aromatic heterocycles. The Bertz CT molecular complexity index is 530. The summed E-state index contributed by atoms with van der Waals surface area (Å²) in [4.78, 5) is 23.0. The molecule has 0 saturated carbocycles. The van der Waals surface area contributed by atoms with E-state index in [-0.39, 0.29) is 23.4 Å². The Morgan fingerprint density at radius 2 is 1.36 bits per heavy atom. The van der Waals surface area contributed by atoms with Crippen LogP contribution in [0.2, 0.25) is 0 Å². The van der Waals surface area contributed by atoms with Crippen molar-refractivity contribution in [1.29, 1.82) is 0 Å². The van der Waals surface area contributed by atoms with Crippen molar-refractivity contribution in [2.45, 2.75) is 98.8 Å². The molecule has 0 saturated heterocycles. The average Bonchev–Trinajstić information content (AvgIpc) is 2.68. The number of carbonyl (C=O) groups excluding carboxylic acids is 2. The first kappa shape index (κ1) is 26.5. The molecule has 0 N–H and O–H groups in total. The number of carbonyl (C=O) groups is 2. The number of ketones is 2. The number of benzene rings is 1. The molecule has 1 rings (SSSR count). The van der Waals surface area contributed by atoms with Crippen molar-refractivity contribution in [2.24, 2.45) is 11.8 Å². The second-order valence-electron chi connectivity index (χ2n) is 7.86. The monoisotopic (exact) mass is 392 g/mol. The van der Waals surface area contributed by atoms with Crippen LogP contribution in [0.3, 0.4) is 0 Å². The Balaban J connectivity index is 0.000000546. The molecule has 0 heterocycles. The molecular formula is C25H41FO2. The van der Waals surface area contributed by atoms with Crippen molar-refractivity contribution < 1.29 is 14.0 Å². The lowest BCUT2D eigenvalue weighted by atomic mass is 9.90. The lowest BCUT2D eigenvalue weighted by molar-refractivity contribution is -0.120. The molecule has 28 heavy (non-hydrogen) atoms. The van der Waals surface area contributed by atoms with Gasteiger partial charge in [0, 0.05) is 17.4 Å². The minimum absolute atomic E-state index is 0.0976. The summed E-state index contributed by atoms with van der Waals surface area (Å²) in [6.07, 6.45) is 11.4. The van der Waals surface area contributed by atoms with Crippen molar-refractivity contribution >= 4 is 11.6 Å². The van der Waals surface area contributed by atoms with Crippen LogP contribution in [0.15, 0.2) is 24.3 Å². The van der Waals surface area contributed by atoms with Gasteiger partial charge in [0.25, 0.3) is 0 Å². The standard InChI is InChI=1S/C14H19FO.C11H22O/c1-3-5-11(6-4-2)14(16)12-7-9-13(15)10-8-12;1-4-5-6-7-8-9-10(2)11(3)12/h7-11H,3-6H2,1-2H3;10H,4-9H2,1-3H3. The Morgan fingerprint density at radius 3 is 1.82 bits per heavy atom. The summed E-state index contributed by atoms with van der Waals surface area (Å²) in [6.45, 7) is 10.1. The number of unbranched alkanes of at least 4 members (excludes halogenated alkanes) is 4. The summed E-state index contributed by atoms with van der Waals surface area (Å²) >= 11 is 0. The lowest BCUT2D eigenvalue weighted by Crippen LogP contribution is -2.14. The smallest absolute Gasteiger partial charge is 0.165 e. The third-order valence-corrected chi connectivity index (χ3v) is 5.21. The van der Waals surface area contributed by atoms with Gasteiger partial charge < -0.3 is 0 Å². The summed E-state index contributed by atoms with van der Waals surface area (Å²) in [5.41, 5.74) is 0.633. The number of rotatable bonds is 13. The average molecular weight is 393 g/mol. The van der Waals surface area contributed by atoms with Crippen molar-refractivity contribution in [3.63, 3.8) is 0 Å². The number of hydrogen-bond acceptors (Lipinski definition) is 2. The number of halogens is 1. The first-order valence-corrected chi connectivity index (χ1v) is 11.2. The zero-order chi connectivity index (χ0) is 21.4. The van der Waals surface area contributed by atoms with Gasteiger partial charge in [0.1, 0.15) is 11.6 Å². The van der Waals surface area contributed by atoms with E-state index in [2.05, 4.69) is 20.8 Å². The van der Waals surface area contributed by atoms with Crippen LogP contribution in [0.4, 0.5) is 4.39 Å². The molecule has 2 nitrogen and oxygen atoms in total. The molecule has 1 atom stereocenters. The first-order chi connectivity index (χ1) is 13.4. The van der Waals surface area contributed by atoms with Crippen LogP contribution in [-0.2, 0) is 4.79 Å². The zero-order valence-electron chi connectivity index (χ0n) is 18.7. The molecule has 3 heteroatoms. The van der Waals surface area contributed by atoms with E-state index in [1.807, 2.05) is 6.92 Å². The fraction of sp³-hybridized carbons (Fsp3) is 0.680. The normalized spacial score (nSPS) is 11.7. The zero-order valence-corrected chi connectivity index (χ0v) is 18.7. The van der Waals surface area contributed by atoms with Gasteiger partial charge in [0.05, 0.1) is 0 Å². The van der Waals surface area contributed by atoms with E-state index in [9.17, 15) is 14.0 Å². The van der Waals surface area contributed by atoms with E-state index in [0.717, 1.165) is 32.1 Å². The van der Waals surface area contributed by atoms with Crippen molar-refractivity contribution in [1.82, 2.24) is 0 Å². The summed E-state index contributed by atoms with van der Waals surface area (Å²) in [6, 6.07) is 5.86. The summed E-state index contributed by atoms with van der Waals surface area (Å²) in [5.74, 6) is 0.584. The van der Waals surface area contributed by atoms with Gasteiger partial charge in [-0.05, 0) is 50.5 Å². The molecule has 1 aromatic rings. The van der Waals surface area contributed by atoms with Crippen LogP contribution in [0, 0.1) is 17.7 Å². The molecule has 160 valence electrons. The van der Waals surface area contributed by atoms with E-state index < -0.39 is 0 Å². The summed E-state index contributed by atoms with van der Waals surface area (Å²) in [5, 5.41) is 0. The van der Waals surface area contributed by atoms with E-state index in [4.69, 9.17) is 0 Å². The minimum Gasteiger partial charge on any atom is -0.300 e. The van der Waals surface area contributed by atoms with Crippen LogP contribution in [0.25, 0.3) is 0 Å². The molecule has 1 aromatic carbocycles. The predicted octanol–water partition coefficient (Wildman–Crippen LogP) is 7.80. The molecular weight excluding hydrogens is 351 g/mol. The van der Waals surface area contributed by atoms with Crippen LogP contribution in [0.1, 0.15) is 109 Å². The van der Waals surface area contributed by atoms with Gasteiger partial charge in [-0.2, -0.15) is 0 Å². The van der Waals surface area contributed by atoms with Crippen molar-refractivity contribution in [2.75, 3.05) is 0 Å². The quantitative estimate of drug-likeness (QED) is 0.253. The van der Waals surface area contributed by atoms with Crippen LogP contribution < -0.4 is 0 Å². The van der Waals surface area contributed by atoms with Crippen LogP contribution in [0.5, 0.6) is 0 Å². The molecule has 0 spiro atoms. The molecule has 1 unspecified atom stereocenters. The third kappa shape index (κ3) is 12.0. The third-order valence-electron chi connectivity index (χ3n) is 5.21. The van der Waals surface area contributed by atoms with Crippen molar-refractivity contribution in [3.05, 3.63) is 35.6 Å². The second kappa shape index (κ2) is 16.4. The highest BCUT2D eigenvalue weighted by Crippen LogP contribution is 2.19. The van der Waals surface area contributed by atoms with Gasteiger partial charge in [0.15, 0.2) is 5.78 Å². The van der Waals surface area contributed by atoms with Crippen molar-refractivity contribution in [3.8, 4) is 0 Å². The Morgan fingerprint density at radius 1 is 0.821 bits per heavy atom. The van der Waals surface area contributed by atoms with E-state index in [0.29, 0.717) is 11.3 Å². The Kier molecular flexibility index (Phi) is 15.6. The maximum atomic E-state index is 12.7. The highest BCUT2D eigenvalue weighted by molar-refractivity contribution is 5.97. The SMILES string of the molecule is CCCC(CCC)C(=O)c1ccc(F)cc1.CCCCCCCC(C)C(C)=O. The predicted molar refractivity (Wildman–Crippen MR) is 117 cm³/mol. The summed E-state index contributed by atoms with van der Waals surface area (Å²) in [7, 11) is 0. The Labute approximate surface area is 172 Å². The highest BCUT2D eigenvalue weighted by atomic mass is 19.1. The fourth-order valence-electron chi connectivity index (χ4n) is 3.21. The second-order valence-corrected chi connectivity index (χ2v) is 7.86. The molecule has 0 radical (unpaired) electrons. The molecule has 0 fully saturated rings. The first-order valence-electron chi connectivity index (χ1n) is 11.2. The number of hydrogen-bond donors (Lipinski definition) is 0. The number of Topliss-reactive ketones (excluding diaryl/α,β-unsaturated/α-hetero) is 2. The molecule has 0 bridgehead atoms. The Hall–Kier alpha value is -1.51. The lowest BCUT2D eigenvalue weighted by Gasteiger charge is -2.13. The largest absolute Gasteiger partial charge is 0.300 e. The topological polar surface area (TPSA) is 34.1 Å². The fourth-order valence-corrected chi connectivity index (χ4v) is 3.21. The van der Waals surface area contributed by atoms with Gasteiger partial charge in [-0.1, -0.05) is 72.6 Å². The van der Waals surface area contributed by atoms with Gasteiger partial charge in [-0.25, -0.2) is 4.39 Å². The highest BCUT2D eigenvalue weighted by Gasteiger charge is 2.18. The maximum Gasteiger partial charge on any atom is 0.165 e. The van der Waals surface area contributed by atoms with Gasteiger partial charge in [-0.15, -0.1) is 0 Å². The van der Waals surface area contributed by atoms with E-state index in [1.54, 1.807) is 19.1 Å². The van der Waals surface area contributed by atoms with E-state index >= 15 is 0 Å². The maximum absolute atomic E-state index is 12.7. The minimum atomic E-state index is -0.293. The molecule has 0 aliphatic heterocycles. The van der Waals surface area contributed by atoms with E-state index in [1.165, 1.54) is 44.2 Å². The van der Waals surface area contributed by atoms with Gasteiger partial charge >= 0.3 is 0 Å². The summed E-state index contributed by atoms with van der Waals surface area (Å²) < 4.78 is 12.7. The van der Waals surface area contributed by atoms with Crippen LogP contribution >= 0.6 is 0 Å². The van der Waals surface area contributed by atoms with Crippen LogP contribution in [-0.4, -0.2) is 11.6 Å². The van der Waals surface area contributed by atoms with Gasteiger partial charge in [-0.3, -0.25) is 9.59 Å². The molecule has 0 aliphatic rings. The molecule has 0 aliphatic carbocycles. The molecule has 0 amide bonds.